The summed E-state index contributed by atoms with van der Waals surface area (Å²) < 4.78 is 13.4. The molecule has 1 saturated heterocycles. The zero-order valence-electron chi connectivity index (χ0n) is 12.3. The lowest BCUT2D eigenvalue weighted by Crippen LogP contribution is -2.38. The highest BCUT2D eigenvalue weighted by Gasteiger charge is 2.32. The van der Waals surface area contributed by atoms with E-state index in [9.17, 15) is 9.18 Å². The van der Waals surface area contributed by atoms with Gasteiger partial charge >= 0.3 is 0 Å². The van der Waals surface area contributed by atoms with Crippen LogP contribution < -0.4 is 11.1 Å². The van der Waals surface area contributed by atoms with E-state index in [0.717, 1.165) is 19.5 Å². The molecule has 1 aliphatic heterocycles. The van der Waals surface area contributed by atoms with Gasteiger partial charge in [-0.25, -0.2) is 4.39 Å². The minimum Gasteiger partial charge on any atom is -0.351 e. The average Bonchev–Trinajstić information content (AvgIpc) is 2.80. The second-order valence-corrected chi connectivity index (χ2v) is 5.84. The summed E-state index contributed by atoms with van der Waals surface area (Å²) in [6.45, 7) is 5.10. The molecule has 1 aromatic carbocycles. The molecule has 21 heavy (non-hydrogen) atoms. The Balaban J connectivity index is 0.00000220. The lowest BCUT2D eigenvalue weighted by molar-refractivity contribution is -0.122. The standard InChI is InChI=1S/C15H22FN3O.ClH/c1-15(10-17)6-7-19(11-15)9-14(20)18-8-12-4-2-3-5-13(12)16;/h2-5H,6-11,17H2,1H3,(H,18,20);1H. The molecule has 1 aromatic rings. The molecule has 1 heterocycles. The predicted octanol–water partition coefficient (Wildman–Crippen LogP) is 1.53. The fraction of sp³-hybridized carbons (Fsp3) is 0.533. The van der Waals surface area contributed by atoms with Crippen LogP contribution >= 0.6 is 12.4 Å². The number of amides is 1. The summed E-state index contributed by atoms with van der Waals surface area (Å²) in [5.41, 5.74) is 6.37. The third-order valence-corrected chi connectivity index (χ3v) is 3.93. The third kappa shape index (κ3) is 4.95. The van der Waals surface area contributed by atoms with Gasteiger partial charge in [0.2, 0.25) is 5.91 Å². The van der Waals surface area contributed by atoms with Crippen LogP contribution in [-0.2, 0) is 11.3 Å². The first kappa shape index (κ1) is 17.9. The molecule has 0 spiro atoms. The Kier molecular flexibility index (Phi) is 6.58. The van der Waals surface area contributed by atoms with Crippen molar-refractivity contribution < 1.29 is 9.18 Å². The lowest BCUT2D eigenvalue weighted by Gasteiger charge is -2.22. The number of rotatable bonds is 5. The Hall–Kier alpha value is -1.17. The number of benzene rings is 1. The van der Waals surface area contributed by atoms with Crippen LogP contribution in [-0.4, -0.2) is 37.0 Å². The van der Waals surface area contributed by atoms with Crippen molar-refractivity contribution in [3.05, 3.63) is 35.6 Å². The number of hydrogen-bond donors (Lipinski definition) is 2. The molecule has 1 atom stereocenters. The zero-order chi connectivity index (χ0) is 14.6. The number of carbonyl (C=O) groups excluding carboxylic acids is 1. The van der Waals surface area contributed by atoms with Crippen LogP contribution in [0.5, 0.6) is 0 Å². The molecule has 6 heteroatoms. The zero-order valence-corrected chi connectivity index (χ0v) is 13.1. The largest absolute Gasteiger partial charge is 0.351 e. The van der Waals surface area contributed by atoms with Gasteiger partial charge in [-0.1, -0.05) is 25.1 Å². The molecular formula is C15H23ClFN3O. The second kappa shape index (κ2) is 7.73. The van der Waals surface area contributed by atoms with E-state index in [0.29, 0.717) is 18.7 Å². The molecule has 1 fully saturated rings. The minimum atomic E-state index is -0.287. The number of nitrogens with two attached hydrogens (primary N) is 1. The SMILES string of the molecule is CC1(CN)CCN(CC(=O)NCc2ccccc2F)C1.Cl. The summed E-state index contributed by atoms with van der Waals surface area (Å²) in [6.07, 6.45) is 1.02. The smallest absolute Gasteiger partial charge is 0.234 e. The summed E-state index contributed by atoms with van der Waals surface area (Å²) in [5, 5.41) is 2.76. The van der Waals surface area contributed by atoms with E-state index < -0.39 is 0 Å². The third-order valence-electron chi connectivity index (χ3n) is 3.93. The topological polar surface area (TPSA) is 58.4 Å². The van der Waals surface area contributed by atoms with Crippen molar-refractivity contribution in [3.63, 3.8) is 0 Å². The van der Waals surface area contributed by atoms with Crippen molar-refractivity contribution in [2.75, 3.05) is 26.2 Å². The molecule has 3 N–H and O–H groups in total. The molecule has 1 aliphatic rings. The van der Waals surface area contributed by atoms with E-state index in [1.54, 1.807) is 18.2 Å². The Labute approximate surface area is 131 Å². The fourth-order valence-corrected chi connectivity index (χ4v) is 2.52. The molecule has 1 amide bonds. The number of carbonyl (C=O) groups is 1. The maximum atomic E-state index is 13.4. The number of nitrogens with zero attached hydrogens (tertiary/aromatic N) is 1. The first-order valence-corrected chi connectivity index (χ1v) is 6.95. The summed E-state index contributed by atoms with van der Waals surface area (Å²) in [7, 11) is 0. The Morgan fingerprint density at radius 1 is 1.48 bits per heavy atom. The second-order valence-electron chi connectivity index (χ2n) is 5.84. The van der Waals surface area contributed by atoms with Gasteiger partial charge in [0.15, 0.2) is 0 Å². The molecule has 2 rings (SSSR count). The van der Waals surface area contributed by atoms with Crippen molar-refractivity contribution >= 4 is 18.3 Å². The van der Waals surface area contributed by atoms with Crippen LogP contribution in [0.4, 0.5) is 4.39 Å². The van der Waals surface area contributed by atoms with Gasteiger partial charge in [0.25, 0.3) is 0 Å². The molecule has 0 aliphatic carbocycles. The van der Waals surface area contributed by atoms with Crippen LogP contribution in [0.25, 0.3) is 0 Å². The predicted molar refractivity (Wildman–Crippen MR) is 83.7 cm³/mol. The summed E-state index contributed by atoms with van der Waals surface area (Å²) >= 11 is 0. The molecule has 118 valence electrons. The average molecular weight is 316 g/mol. The van der Waals surface area contributed by atoms with Crippen molar-refractivity contribution in [2.45, 2.75) is 19.9 Å². The molecule has 0 radical (unpaired) electrons. The number of halogens is 2. The lowest BCUT2D eigenvalue weighted by atomic mass is 9.90. The summed E-state index contributed by atoms with van der Waals surface area (Å²) in [6, 6.07) is 6.47. The highest BCUT2D eigenvalue weighted by Crippen LogP contribution is 2.27. The van der Waals surface area contributed by atoms with Crippen molar-refractivity contribution in [3.8, 4) is 0 Å². The Morgan fingerprint density at radius 3 is 2.81 bits per heavy atom. The first-order chi connectivity index (χ1) is 9.52. The van der Waals surface area contributed by atoms with Gasteiger partial charge in [0.05, 0.1) is 6.54 Å². The number of nitrogens with one attached hydrogen (secondary N) is 1. The van der Waals surface area contributed by atoms with Gasteiger partial charge in [0, 0.05) is 18.7 Å². The Bertz CT molecular complexity index is 486. The van der Waals surface area contributed by atoms with Gasteiger partial charge < -0.3 is 11.1 Å². The molecule has 0 aromatic heterocycles. The van der Waals surface area contributed by atoms with Crippen LogP contribution in [0.15, 0.2) is 24.3 Å². The van der Waals surface area contributed by atoms with E-state index in [-0.39, 0.29) is 36.1 Å². The van der Waals surface area contributed by atoms with E-state index >= 15 is 0 Å². The van der Waals surface area contributed by atoms with Crippen molar-refractivity contribution in [1.82, 2.24) is 10.2 Å². The summed E-state index contributed by atoms with van der Waals surface area (Å²) in [5.74, 6) is -0.362. The molecule has 4 nitrogen and oxygen atoms in total. The summed E-state index contributed by atoms with van der Waals surface area (Å²) in [4.78, 5) is 14.0. The van der Waals surface area contributed by atoms with Gasteiger partial charge in [-0.15, -0.1) is 12.4 Å². The van der Waals surface area contributed by atoms with Gasteiger partial charge in [-0.2, -0.15) is 0 Å². The molecular weight excluding hydrogens is 293 g/mol. The van der Waals surface area contributed by atoms with Crippen LogP contribution in [0, 0.1) is 11.2 Å². The maximum absolute atomic E-state index is 13.4. The van der Waals surface area contributed by atoms with Crippen LogP contribution in [0.1, 0.15) is 18.9 Å². The van der Waals surface area contributed by atoms with Gasteiger partial charge in [-0.05, 0) is 31.0 Å². The number of hydrogen-bond acceptors (Lipinski definition) is 3. The molecule has 0 bridgehead atoms. The minimum absolute atomic E-state index is 0. The van der Waals surface area contributed by atoms with Crippen LogP contribution in [0.3, 0.4) is 0 Å². The first-order valence-electron chi connectivity index (χ1n) is 6.95. The van der Waals surface area contributed by atoms with Gasteiger partial charge in [-0.3, -0.25) is 9.69 Å². The van der Waals surface area contributed by atoms with E-state index in [4.69, 9.17) is 5.73 Å². The fourth-order valence-electron chi connectivity index (χ4n) is 2.52. The monoisotopic (exact) mass is 315 g/mol. The number of likely N-dealkylation sites (tertiary alicyclic amines) is 1. The Morgan fingerprint density at radius 2 is 2.19 bits per heavy atom. The van der Waals surface area contributed by atoms with Crippen LogP contribution in [0.2, 0.25) is 0 Å². The normalized spacial score (nSPS) is 21.9. The quantitative estimate of drug-likeness (QED) is 0.866. The van der Waals surface area contributed by atoms with E-state index in [1.165, 1.54) is 6.07 Å². The van der Waals surface area contributed by atoms with Crippen molar-refractivity contribution in [1.29, 1.82) is 0 Å². The van der Waals surface area contributed by atoms with E-state index in [1.807, 2.05) is 0 Å². The van der Waals surface area contributed by atoms with Crippen molar-refractivity contribution in [2.24, 2.45) is 11.1 Å². The van der Waals surface area contributed by atoms with Gasteiger partial charge in [0.1, 0.15) is 5.82 Å². The maximum Gasteiger partial charge on any atom is 0.234 e. The highest BCUT2D eigenvalue weighted by atomic mass is 35.5. The highest BCUT2D eigenvalue weighted by molar-refractivity contribution is 5.85. The molecule has 1 unspecified atom stereocenters. The van der Waals surface area contributed by atoms with E-state index in [2.05, 4.69) is 17.1 Å². The molecule has 0 saturated carbocycles.